The molecule has 0 aliphatic rings. The molecule has 0 amide bonds. The van der Waals surface area contributed by atoms with Gasteiger partial charge in [-0.05, 0) is 71.5 Å². The molecule has 10 aromatic rings. The van der Waals surface area contributed by atoms with Crippen LogP contribution in [0, 0.1) is 0 Å². The first-order valence-corrected chi connectivity index (χ1v) is 17.4. The van der Waals surface area contributed by atoms with Crippen LogP contribution >= 0.6 is 0 Å². The lowest BCUT2D eigenvalue weighted by Crippen LogP contribution is -2.05. The zero-order valence-corrected chi connectivity index (χ0v) is 27.7. The summed E-state index contributed by atoms with van der Waals surface area (Å²) in [5, 5.41) is 7.41. The van der Waals surface area contributed by atoms with Gasteiger partial charge in [0.25, 0.3) is 0 Å². The molecule has 3 aromatic heterocycles. The largest absolute Gasteiger partial charge is 0.309 e. The molecular weight excluding hydrogens is 607 g/mol. The second-order valence-electron chi connectivity index (χ2n) is 13.0. The van der Waals surface area contributed by atoms with E-state index in [2.05, 4.69) is 186 Å². The van der Waals surface area contributed by atoms with E-state index in [1.807, 2.05) is 0 Å². The molecular formula is C47H33N3. The molecule has 3 heteroatoms. The van der Waals surface area contributed by atoms with Gasteiger partial charge in [0.15, 0.2) is 0 Å². The van der Waals surface area contributed by atoms with Gasteiger partial charge in [0.05, 0.1) is 27.8 Å². The Hall–Kier alpha value is -6.45. The first kappa shape index (κ1) is 28.6. The predicted molar refractivity (Wildman–Crippen MR) is 211 cm³/mol. The topological polar surface area (TPSA) is 22.8 Å². The average Bonchev–Trinajstić information content (AvgIpc) is 3.70. The van der Waals surface area contributed by atoms with Crippen molar-refractivity contribution in [3.05, 3.63) is 175 Å². The molecule has 0 N–H and O–H groups in total. The van der Waals surface area contributed by atoms with Gasteiger partial charge in [0.1, 0.15) is 5.82 Å². The van der Waals surface area contributed by atoms with Crippen molar-refractivity contribution in [2.24, 2.45) is 0 Å². The number of fused-ring (bicyclic) bond motifs is 7. The quantitative estimate of drug-likeness (QED) is 0.184. The number of hydrogen-bond donors (Lipinski definition) is 0. The summed E-state index contributed by atoms with van der Waals surface area (Å²) in [4.78, 5) is 5.52. The van der Waals surface area contributed by atoms with Crippen LogP contribution in [0.15, 0.2) is 170 Å². The molecule has 0 fully saturated rings. The molecule has 236 valence electrons. The molecule has 0 spiro atoms. The molecule has 0 aliphatic heterocycles. The molecule has 3 heterocycles. The number of pyridine rings is 1. The number of benzene rings is 7. The summed E-state index contributed by atoms with van der Waals surface area (Å²) in [5.74, 6) is 0.999. The maximum absolute atomic E-state index is 5.52. The smallest absolute Gasteiger partial charge is 0.142 e. The van der Waals surface area contributed by atoms with E-state index in [-0.39, 0.29) is 0 Å². The Morgan fingerprint density at radius 3 is 1.50 bits per heavy atom. The highest BCUT2D eigenvalue weighted by molar-refractivity contribution is 6.13. The van der Waals surface area contributed by atoms with Crippen molar-refractivity contribution < 1.29 is 0 Å². The predicted octanol–water partition coefficient (Wildman–Crippen LogP) is 12.3. The molecule has 7 aromatic carbocycles. The van der Waals surface area contributed by atoms with Gasteiger partial charge < -0.3 is 4.57 Å². The van der Waals surface area contributed by atoms with E-state index in [1.165, 1.54) is 65.7 Å². The maximum atomic E-state index is 5.52. The minimum atomic E-state index is 0.876. The minimum absolute atomic E-state index is 0.876. The van der Waals surface area contributed by atoms with Crippen molar-refractivity contribution in [2.75, 3.05) is 0 Å². The molecule has 3 nitrogen and oxygen atoms in total. The van der Waals surface area contributed by atoms with Crippen LogP contribution in [0.2, 0.25) is 0 Å². The number of aromatic nitrogens is 3. The van der Waals surface area contributed by atoms with Crippen molar-refractivity contribution in [3.8, 4) is 33.9 Å². The van der Waals surface area contributed by atoms with Crippen molar-refractivity contribution in [1.82, 2.24) is 14.1 Å². The maximum Gasteiger partial charge on any atom is 0.142 e. The molecule has 0 atom stereocenters. The summed E-state index contributed by atoms with van der Waals surface area (Å²) in [5.41, 5.74) is 11.7. The minimum Gasteiger partial charge on any atom is -0.309 e. The number of nitrogens with zero attached hydrogens (tertiary/aromatic N) is 3. The van der Waals surface area contributed by atoms with Crippen LogP contribution in [0.3, 0.4) is 0 Å². The first-order valence-electron chi connectivity index (χ1n) is 17.4. The van der Waals surface area contributed by atoms with Gasteiger partial charge in [0.2, 0.25) is 0 Å². The highest BCUT2D eigenvalue weighted by Gasteiger charge is 2.21. The Kier molecular flexibility index (Phi) is 6.47. The van der Waals surface area contributed by atoms with Crippen LogP contribution in [0.4, 0.5) is 0 Å². The molecule has 0 saturated heterocycles. The van der Waals surface area contributed by atoms with E-state index in [0.29, 0.717) is 0 Å². The summed E-state index contributed by atoms with van der Waals surface area (Å²) in [6, 6.07) is 61.3. The van der Waals surface area contributed by atoms with Crippen LogP contribution in [-0.2, 0) is 6.42 Å². The van der Waals surface area contributed by atoms with E-state index in [9.17, 15) is 0 Å². The Morgan fingerprint density at radius 1 is 0.400 bits per heavy atom. The van der Waals surface area contributed by atoms with Crippen molar-refractivity contribution in [3.63, 3.8) is 0 Å². The average molecular weight is 640 g/mol. The normalized spacial score (nSPS) is 11.8. The van der Waals surface area contributed by atoms with Crippen molar-refractivity contribution in [1.29, 1.82) is 0 Å². The van der Waals surface area contributed by atoms with Gasteiger partial charge in [-0.25, -0.2) is 4.98 Å². The van der Waals surface area contributed by atoms with Crippen LogP contribution in [0.1, 0.15) is 12.5 Å². The van der Waals surface area contributed by atoms with Crippen molar-refractivity contribution in [2.45, 2.75) is 13.3 Å². The second-order valence-corrected chi connectivity index (χ2v) is 13.0. The monoisotopic (exact) mass is 639 g/mol. The fraction of sp³-hybridized carbons (Fsp3) is 0.0426. The Balaban J connectivity index is 1.21. The van der Waals surface area contributed by atoms with Crippen LogP contribution in [0.5, 0.6) is 0 Å². The molecule has 50 heavy (non-hydrogen) atoms. The number of rotatable bonds is 5. The van der Waals surface area contributed by atoms with Gasteiger partial charge in [0, 0.05) is 43.7 Å². The van der Waals surface area contributed by atoms with E-state index in [4.69, 9.17) is 4.98 Å². The Labute approximate surface area is 290 Å². The third kappa shape index (κ3) is 4.27. The van der Waals surface area contributed by atoms with E-state index in [1.54, 1.807) is 0 Å². The zero-order valence-electron chi connectivity index (χ0n) is 27.7. The number of para-hydroxylation sites is 3. The lowest BCUT2D eigenvalue weighted by atomic mass is 9.98. The molecule has 0 aliphatic carbocycles. The molecule has 0 radical (unpaired) electrons. The van der Waals surface area contributed by atoms with Gasteiger partial charge in [-0.2, -0.15) is 0 Å². The van der Waals surface area contributed by atoms with E-state index >= 15 is 0 Å². The third-order valence-corrected chi connectivity index (χ3v) is 10.3. The molecule has 10 rings (SSSR count). The van der Waals surface area contributed by atoms with E-state index in [0.717, 1.165) is 34.5 Å². The van der Waals surface area contributed by atoms with Gasteiger partial charge in [-0.3, -0.25) is 4.57 Å². The fourth-order valence-corrected chi connectivity index (χ4v) is 8.04. The molecule has 0 unspecified atom stereocenters. The summed E-state index contributed by atoms with van der Waals surface area (Å²) < 4.78 is 4.76. The Bertz CT molecular complexity index is 2890. The van der Waals surface area contributed by atoms with Crippen molar-refractivity contribution >= 4 is 54.4 Å². The van der Waals surface area contributed by atoms with Gasteiger partial charge in [-0.15, -0.1) is 0 Å². The summed E-state index contributed by atoms with van der Waals surface area (Å²) >= 11 is 0. The number of hydrogen-bond acceptors (Lipinski definition) is 1. The summed E-state index contributed by atoms with van der Waals surface area (Å²) in [6.07, 6.45) is 0.876. The van der Waals surface area contributed by atoms with Crippen LogP contribution < -0.4 is 0 Å². The Morgan fingerprint density at radius 2 is 0.880 bits per heavy atom. The number of aryl methyl sites for hydroxylation is 1. The van der Waals surface area contributed by atoms with Crippen LogP contribution in [-0.4, -0.2) is 14.1 Å². The zero-order chi connectivity index (χ0) is 33.2. The highest BCUT2D eigenvalue weighted by Crippen LogP contribution is 2.40. The van der Waals surface area contributed by atoms with E-state index < -0.39 is 0 Å². The highest BCUT2D eigenvalue weighted by atomic mass is 15.1. The van der Waals surface area contributed by atoms with Gasteiger partial charge >= 0.3 is 0 Å². The standard InChI is InChI=1S/C47H33N3/c1-2-35-36-19-9-10-22-39(36)46(31-15-5-3-6-16-31)48-47(35)50-43-24-14-12-21-38(43)41-30-33(26-28-45(41)50)32-25-27-44-40(29-32)37-20-11-13-23-42(37)49(44)34-17-7-4-8-18-34/h3-30H,2H2,1H3. The second kappa shape index (κ2) is 11.3. The third-order valence-electron chi connectivity index (χ3n) is 10.3. The lowest BCUT2D eigenvalue weighted by molar-refractivity contribution is 1.02. The SMILES string of the molecule is CCc1c(-n2c3ccccc3c3cc(-c4ccc5c(c4)c4ccccc4n5-c4ccccc4)ccc32)nc(-c2ccccc2)c2ccccc12. The first-order chi connectivity index (χ1) is 24.8. The van der Waals surface area contributed by atoms with Crippen LogP contribution in [0.25, 0.3) is 88.3 Å². The fourth-order valence-electron chi connectivity index (χ4n) is 8.04. The summed E-state index contributed by atoms with van der Waals surface area (Å²) in [6.45, 7) is 2.24. The summed E-state index contributed by atoms with van der Waals surface area (Å²) in [7, 11) is 0. The lowest BCUT2D eigenvalue weighted by Gasteiger charge is -2.17. The molecule has 0 bridgehead atoms. The van der Waals surface area contributed by atoms with Gasteiger partial charge in [-0.1, -0.05) is 128 Å². The molecule has 0 saturated carbocycles.